The summed E-state index contributed by atoms with van der Waals surface area (Å²) in [6.45, 7) is 0. The van der Waals surface area contributed by atoms with Crippen LogP contribution in [0.1, 0.15) is 0 Å². The summed E-state index contributed by atoms with van der Waals surface area (Å²) in [5.74, 6) is 0. The van der Waals surface area contributed by atoms with Crippen molar-refractivity contribution >= 4 is 55.6 Å². The van der Waals surface area contributed by atoms with Crippen molar-refractivity contribution in [3.05, 3.63) is 57.1 Å². The smallest absolute Gasteiger partial charge is 0.0488 e. The number of hydrogen-bond acceptors (Lipinski definition) is 1. The van der Waals surface area contributed by atoms with Crippen LogP contribution in [-0.2, 0) is 0 Å². The van der Waals surface area contributed by atoms with Crippen molar-refractivity contribution in [1.29, 1.82) is 0 Å². The molecule has 0 atom stereocenters. The van der Waals surface area contributed by atoms with Gasteiger partial charge in [0, 0.05) is 23.6 Å². The molecule has 0 fully saturated rings. The lowest BCUT2D eigenvalue weighted by Gasteiger charge is -1.98. The van der Waals surface area contributed by atoms with Crippen LogP contribution in [0.4, 0.5) is 0 Å². The molecule has 84 valence electrons. The van der Waals surface area contributed by atoms with Crippen molar-refractivity contribution in [3.8, 4) is 10.4 Å². The van der Waals surface area contributed by atoms with E-state index in [0.717, 1.165) is 5.02 Å². The summed E-state index contributed by atoms with van der Waals surface area (Å²) in [5, 5.41) is 2.12. The lowest BCUT2D eigenvalue weighted by Crippen LogP contribution is -1.75. The fourth-order valence-corrected chi connectivity index (χ4v) is 4.32. The van der Waals surface area contributed by atoms with Crippen LogP contribution >= 0.6 is 45.5 Å². The Hall–Kier alpha value is -0.580. The zero-order valence-electron chi connectivity index (χ0n) is 8.78. The van der Waals surface area contributed by atoms with Gasteiger partial charge in [0.2, 0.25) is 0 Å². The van der Waals surface area contributed by atoms with Crippen LogP contribution in [-0.4, -0.2) is 0 Å². The van der Waals surface area contributed by atoms with Gasteiger partial charge in [0.05, 0.1) is 0 Å². The number of benzene rings is 2. The van der Waals surface area contributed by atoms with Gasteiger partial charge in [-0.3, -0.25) is 0 Å². The van der Waals surface area contributed by atoms with Gasteiger partial charge in [0.1, 0.15) is 0 Å². The normalized spacial score (nSPS) is 10.9. The minimum Gasteiger partial charge on any atom is -0.134 e. The molecule has 3 heteroatoms. The molecule has 0 spiro atoms. The number of hydrogen-bond donors (Lipinski definition) is 0. The molecule has 0 bridgehead atoms. The summed E-state index contributed by atoms with van der Waals surface area (Å²) >= 11 is 10.2. The van der Waals surface area contributed by atoms with E-state index in [1.807, 2.05) is 23.5 Å². The molecule has 3 aromatic rings. The Bertz CT molecular complexity index is 670. The molecule has 0 saturated carbocycles. The molecule has 1 aromatic heterocycles. The molecule has 0 saturated heterocycles. The zero-order chi connectivity index (χ0) is 11.8. The maximum absolute atomic E-state index is 5.92. The van der Waals surface area contributed by atoms with Crippen LogP contribution in [0.5, 0.6) is 0 Å². The number of rotatable bonds is 1. The van der Waals surface area contributed by atoms with Crippen molar-refractivity contribution in [3.63, 3.8) is 0 Å². The first-order chi connectivity index (χ1) is 8.25. The monoisotopic (exact) mass is 370 g/mol. The summed E-state index contributed by atoms with van der Waals surface area (Å²) in [6.07, 6.45) is 0. The molecule has 0 radical (unpaired) electrons. The van der Waals surface area contributed by atoms with Crippen LogP contribution in [0.15, 0.2) is 48.5 Å². The minimum absolute atomic E-state index is 0.782. The molecule has 0 aliphatic heterocycles. The van der Waals surface area contributed by atoms with Gasteiger partial charge in [-0.15, -0.1) is 11.3 Å². The maximum Gasteiger partial charge on any atom is 0.0488 e. The van der Waals surface area contributed by atoms with E-state index in [-0.39, 0.29) is 0 Å². The Morgan fingerprint density at radius 2 is 1.65 bits per heavy atom. The van der Waals surface area contributed by atoms with Gasteiger partial charge in [0.15, 0.2) is 0 Å². The molecule has 1 heterocycles. The third-order valence-corrected chi connectivity index (χ3v) is 5.60. The summed E-state index contributed by atoms with van der Waals surface area (Å²) in [4.78, 5) is 1.32. The zero-order valence-corrected chi connectivity index (χ0v) is 12.5. The first kappa shape index (κ1) is 11.5. The quantitative estimate of drug-likeness (QED) is 0.473. The van der Waals surface area contributed by atoms with E-state index < -0.39 is 0 Å². The molecule has 17 heavy (non-hydrogen) atoms. The fourth-order valence-electron chi connectivity index (χ4n) is 1.80. The van der Waals surface area contributed by atoms with Crippen molar-refractivity contribution in [2.75, 3.05) is 0 Å². The Kier molecular flexibility index (Phi) is 3.11. The van der Waals surface area contributed by atoms with Gasteiger partial charge in [-0.1, -0.05) is 41.9 Å². The lowest BCUT2D eigenvalue weighted by atomic mass is 10.1. The minimum atomic E-state index is 0.782. The van der Waals surface area contributed by atoms with Crippen LogP contribution in [0.3, 0.4) is 0 Å². The van der Waals surface area contributed by atoms with Crippen molar-refractivity contribution in [1.82, 2.24) is 0 Å². The topological polar surface area (TPSA) is 0 Å². The largest absolute Gasteiger partial charge is 0.134 e. The first-order valence-electron chi connectivity index (χ1n) is 5.18. The van der Waals surface area contributed by atoms with Crippen LogP contribution in [0.25, 0.3) is 20.5 Å². The Labute approximate surface area is 122 Å². The maximum atomic E-state index is 5.92. The summed E-state index contributed by atoms with van der Waals surface area (Å²) in [5.41, 5.74) is 1.24. The average Bonchev–Trinajstić information content (AvgIpc) is 2.69. The molecular formula is C14H8ClIS. The molecule has 0 N–H and O–H groups in total. The Morgan fingerprint density at radius 1 is 0.941 bits per heavy atom. The predicted octanol–water partition coefficient (Wildman–Crippen LogP) is 5.83. The van der Waals surface area contributed by atoms with Crippen molar-refractivity contribution < 1.29 is 0 Å². The molecule has 0 amide bonds. The Morgan fingerprint density at radius 3 is 2.35 bits per heavy atom. The molecule has 0 aliphatic carbocycles. The van der Waals surface area contributed by atoms with E-state index in [4.69, 9.17) is 11.6 Å². The third-order valence-electron chi connectivity index (χ3n) is 2.64. The summed E-state index contributed by atoms with van der Waals surface area (Å²) < 4.78 is 2.66. The van der Waals surface area contributed by atoms with Gasteiger partial charge in [-0.2, -0.15) is 0 Å². The van der Waals surface area contributed by atoms with Crippen LogP contribution < -0.4 is 0 Å². The predicted molar refractivity (Wildman–Crippen MR) is 85.0 cm³/mol. The van der Waals surface area contributed by atoms with E-state index in [1.54, 1.807) is 0 Å². The first-order valence-corrected chi connectivity index (χ1v) is 7.46. The average molecular weight is 371 g/mol. The molecule has 2 aromatic carbocycles. The van der Waals surface area contributed by atoms with Gasteiger partial charge in [0.25, 0.3) is 0 Å². The molecule has 0 aliphatic rings. The Balaban J connectivity index is 2.24. The highest BCUT2D eigenvalue weighted by atomic mass is 127. The van der Waals surface area contributed by atoms with E-state index in [2.05, 4.69) is 59.0 Å². The van der Waals surface area contributed by atoms with E-state index in [1.165, 1.54) is 24.1 Å². The van der Waals surface area contributed by atoms with Crippen LogP contribution in [0, 0.1) is 3.57 Å². The second kappa shape index (κ2) is 4.59. The number of thiophene rings is 1. The molecule has 0 unspecified atom stereocenters. The summed E-state index contributed by atoms with van der Waals surface area (Å²) in [7, 11) is 0. The van der Waals surface area contributed by atoms with E-state index >= 15 is 0 Å². The second-order valence-electron chi connectivity index (χ2n) is 3.75. The SMILES string of the molecule is Clc1ccc(-c2sc3ccccc3c2I)cc1. The van der Waals surface area contributed by atoms with Gasteiger partial charge in [-0.05, 0) is 46.4 Å². The second-order valence-corrected chi connectivity index (χ2v) is 6.32. The van der Waals surface area contributed by atoms with Crippen molar-refractivity contribution in [2.45, 2.75) is 0 Å². The molecular weight excluding hydrogens is 363 g/mol. The van der Waals surface area contributed by atoms with E-state index in [0.29, 0.717) is 0 Å². The summed E-state index contributed by atoms with van der Waals surface area (Å²) in [6, 6.07) is 16.6. The number of fused-ring (bicyclic) bond motifs is 1. The standard InChI is InChI=1S/C14H8ClIS/c15-10-7-5-9(6-8-10)14-13(16)11-3-1-2-4-12(11)17-14/h1-8H. The number of halogens is 2. The van der Waals surface area contributed by atoms with E-state index in [9.17, 15) is 0 Å². The van der Waals surface area contributed by atoms with Gasteiger partial charge in [-0.25, -0.2) is 0 Å². The van der Waals surface area contributed by atoms with Crippen LogP contribution in [0.2, 0.25) is 5.02 Å². The van der Waals surface area contributed by atoms with Gasteiger partial charge < -0.3 is 0 Å². The molecule has 3 rings (SSSR count). The lowest BCUT2D eigenvalue weighted by molar-refractivity contribution is 1.69. The highest BCUT2D eigenvalue weighted by molar-refractivity contribution is 14.1. The molecule has 0 nitrogen and oxygen atoms in total. The fraction of sp³-hybridized carbons (Fsp3) is 0. The third kappa shape index (κ3) is 2.09. The van der Waals surface area contributed by atoms with Crippen molar-refractivity contribution in [2.24, 2.45) is 0 Å². The highest BCUT2D eigenvalue weighted by Gasteiger charge is 2.10. The highest BCUT2D eigenvalue weighted by Crippen LogP contribution is 2.39. The van der Waals surface area contributed by atoms with Gasteiger partial charge >= 0.3 is 0 Å².